The number of carbonyl (C=O) groups is 1. The van der Waals surface area contributed by atoms with E-state index in [9.17, 15) is 23.7 Å². The van der Waals surface area contributed by atoms with Crippen LogP contribution in [0.4, 0.5) is 14.5 Å². The van der Waals surface area contributed by atoms with Crippen molar-refractivity contribution in [3.8, 4) is 0 Å². The van der Waals surface area contributed by atoms with Crippen molar-refractivity contribution in [3.05, 3.63) is 39.4 Å². The number of aliphatic carboxylic acids is 1. The van der Waals surface area contributed by atoms with Crippen LogP contribution in [-0.4, -0.2) is 16.0 Å². The topological polar surface area (TPSA) is 80.4 Å². The van der Waals surface area contributed by atoms with Gasteiger partial charge in [-0.2, -0.15) is 4.39 Å². The van der Waals surface area contributed by atoms with E-state index in [1.807, 2.05) is 0 Å². The van der Waals surface area contributed by atoms with Crippen LogP contribution in [0.1, 0.15) is 17.9 Å². The van der Waals surface area contributed by atoms with E-state index in [-0.39, 0.29) is 6.42 Å². The van der Waals surface area contributed by atoms with Gasteiger partial charge >= 0.3 is 11.7 Å². The molecule has 0 spiro atoms. The summed E-state index contributed by atoms with van der Waals surface area (Å²) in [5.41, 5.74) is -1.33. The van der Waals surface area contributed by atoms with Gasteiger partial charge in [-0.1, -0.05) is 0 Å². The second-order valence-corrected chi connectivity index (χ2v) is 3.84. The number of nitrogens with zero attached hydrogens (tertiary/aromatic N) is 1. The summed E-state index contributed by atoms with van der Waals surface area (Å²) in [6, 6.07) is 1.51. The minimum absolute atomic E-state index is 0.102. The van der Waals surface area contributed by atoms with E-state index in [0.29, 0.717) is 0 Å². The first kappa shape index (κ1) is 11.4. The Hall–Kier alpha value is -2.05. The van der Waals surface area contributed by atoms with Gasteiger partial charge in [0.1, 0.15) is 5.82 Å². The van der Waals surface area contributed by atoms with Crippen LogP contribution in [0.2, 0.25) is 0 Å². The lowest BCUT2D eigenvalue weighted by Gasteiger charge is -2.03. The number of nitro groups is 1. The molecule has 0 heterocycles. The number of rotatable bonds is 3. The molecule has 0 aliphatic heterocycles. The summed E-state index contributed by atoms with van der Waals surface area (Å²) in [7, 11) is 0. The molecule has 17 heavy (non-hydrogen) atoms. The largest absolute Gasteiger partial charge is 0.481 e. The van der Waals surface area contributed by atoms with Crippen LogP contribution in [0.25, 0.3) is 0 Å². The molecule has 0 amide bonds. The maximum absolute atomic E-state index is 13.6. The van der Waals surface area contributed by atoms with Gasteiger partial charge in [0.2, 0.25) is 5.82 Å². The predicted octanol–water partition coefficient (Wildman–Crippen LogP) is 2.06. The van der Waals surface area contributed by atoms with E-state index in [2.05, 4.69) is 0 Å². The van der Waals surface area contributed by atoms with Gasteiger partial charge in [0.15, 0.2) is 0 Å². The lowest BCUT2D eigenvalue weighted by Crippen LogP contribution is -2.04. The molecule has 0 bridgehead atoms. The summed E-state index contributed by atoms with van der Waals surface area (Å²) >= 11 is 0. The number of nitro benzene ring substituents is 1. The van der Waals surface area contributed by atoms with Gasteiger partial charge in [0, 0.05) is 17.5 Å². The van der Waals surface area contributed by atoms with Crippen molar-refractivity contribution in [3.63, 3.8) is 0 Å². The van der Waals surface area contributed by atoms with Gasteiger partial charge in [-0.25, -0.2) is 4.39 Å². The van der Waals surface area contributed by atoms with Gasteiger partial charge < -0.3 is 5.11 Å². The second kappa shape index (κ2) is 3.76. The Balaban J connectivity index is 2.44. The lowest BCUT2D eigenvalue weighted by molar-refractivity contribution is -0.387. The van der Waals surface area contributed by atoms with Crippen molar-refractivity contribution < 1.29 is 23.6 Å². The maximum Gasteiger partial charge on any atom is 0.307 e. The Kier molecular flexibility index (Phi) is 2.53. The lowest BCUT2D eigenvalue weighted by atomic mass is 10.1. The Bertz CT molecular complexity index is 517. The molecular weight excluding hydrogens is 236 g/mol. The maximum atomic E-state index is 13.6. The third-order valence-corrected chi connectivity index (χ3v) is 2.78. The van der Waals surface area contributed by atoms with E-state index in [1.165, 1.54) is 0 Å². The molecule has 1 aliphatic carbocycles. The fraction of sp³-hybridized carbons (Fsp3) is 0.300. The molecule has 2 atom stereocenters. The van der Waals surface area contributed by atoms with Crippen LogP contribution >= 0.6 is 0 Å². The average molecular weight is 243 g/mol. The highest BCUT2D eigenvalue weighted by Crippen LogP contribution is 2.50. The van der Waals surface area contributed by atoms with Crippen molar-refractivity contribution in [1.82, 2.24) is 0 Å². The fourth-order valence-electron chi connectivity index (χ4n) is 1.83. The number of carboxylic acids is 1. The zero-order valence-electron chi connectivity index (χ0n) is 8.39. The Morgan fingerprint density at radius 3 is 2.59 bits per heavy atom. The van der Waals surface area contributed by atoms with E-state index in [4.69, 9.17) is 5.11 Å². The molecule has 0 saturated heterocycles. The van der Waals surface area contributed by atoms with Crippen molar-refractivity contribution in [1.29, 1.82) is 0 Å². The number of hydrogen-bond acceptors (Lipinski definition) is 3. The highest BCUT2D eigenvalue weighted by molar-refractivity contribution is 5.75. The standard InChI is InChI=1S/C10H7F2NO4/c11-6-1-2-7(13(16)17)9(12)8(6)4-3-5(4)10(14)15/h1-2,4-5H,3H2,(H,14,15). The molecule has 1 N–H and O–H groups in total. The molecule has 2 rings (SSSR count). The van der Waals surface area contributed by atoms with Crippen LogP contribution in [0.15, 0.2) is 12.1 Å². The molecule has 7 heteroatoms. The van der Waals surface area contributed by atoms with Crippen molar-refractivity contribution in [2.75, 3.05) is 0 Å². The van der Waals surface area contributed by atoms with E-state index >= 15 is 0 Å². The fourth-order valence-corrected chi connectivity index (χ4v) is 1.83. The van der Waals surface area contributed by atoms with Crippen molar-refractivity contribution >= 4 is 11.7 Å². The molecule has 1 aromatic rings. The quantitative estimate of drug-likeness (QED) is 0.650. The Labute approximate surface area is 93.8 Å². The molecule has 1 fully saturated rings. The van der Waals surface area contributed by atoms with Crippen LogP contribution in [0.3, 0.4) is 0 Å². The van der Waals surface area contributed by atoms with E-state index in [0.717, 1.165) is 12.1 Å². The molecular formula is C10H7F2NO4. The number of benzene rings is 1. The third kappa shape index (κ3) is 1.83. The smallest absolute Gasteiger partial charge is 0.307 e. The van der Waals surface area contributed by atoms with Crippen LogP contribution in [-0.2, 0) is 4.79 Å². The minimum Gasteiger partial charge on any atom is -0.481 e. The first-order valence-electron chi connectivity index (χ1n) is 4.78. The number of carboxylic acid groups (broad SMARTS) is 1. The average Bonchev–Trinajstić information content (AvgIpc) is 2.97. The SMILES string of the molecule is O=C(O)C1CC1c1c(F)ccc([N+](=O)[O-])c1F. The predicted molar refractivity (Wildman–Crippen MR) is 51.5 cm³/mol. The molecule has 2 unspecified atom stereocenters. The normalized spacial score (nSPS) is 22.2. The van der Waals surface area contributed by atoms with Gasteiger partial charge in [-0.3, -0.25) is 14.9 Å². The highest BCUT2D eigenvalue weighted by atomic mass is 19.1. The van der Waals surface area contributed by atoms with Gasteiger partial charge in [-0.15, -0.1) is 0 Å². The zero-order chi connectivity index (χ0) is 12.7. The van der Waals surface area contributed by atoms with Crippen LogP contribution < -0.4 is 0 Å². The Morgan fingerprint density at radius 2 is 2.12 bits per heavy atom. The van der Waals surface area contributed by atoms with Crippen molar-refractivity contribution in [2.45, 2.75) is 12.3 Å². The van der Waals surface area contributed by atoms with Crippen molar-refractivity contribution in [2.24, 2.45) is 5.92 Å². The molecule has 90 valence electrons. The molecule has 1 aliphatic rings. The first-order valence-corrected chi connectivity index (χ1v) is 4.78. The monoisotopic (exact) mass is 243 g/mol. The Morgan fingerprint density at radius 1 is 1.47 bits per heavy atom. The molecule has 0 radical (unpaired) electrons. The molecule has 5 nitrogen and oxygen atoms in total. The van der Waals surface area contributed by atoms with Crippen LogP contribution in [0, 0.1) is 27.7 Å². The number of halogens is 2. The first-order chi connectivity index (χ1) is 7.93. The van der Waals surface area contributed by atoms with E-state index in [1.54, 1.807) is 0 Å². The summed E-state index contributed by atoms with van der Waals surface area (Å²) in [4.78, 5) is 20.1. The summed E-state index contributed by atoms with van der Waals surface area (Å²) in [6.45, 7) is 0. The number of hydrogen-bond donors (Lipinski definition) is 1. The highest BCUT2D eigenvalue weighted by Gasteiger charge is 2.48. The van der Waals surface area contributed by atoms with Gasteiger partial charge in [-0.05, 0) is 12.5 Å². The molecule has 1 aromatic carbocycles. The van der Waals surface area contributed by atoms with E-state index < -0.39 is 45.6 Å². The second-order valence-electron chi connectivity index (χ2n) is 3.84. The summed E-state index contributed by atoms with van der Waals surface area (Å²) in [5.74, 6) is -5.04. The van der Waals surface area contributed by atoms with Gasteiger partial charge in [0.05, 0.1) is 10.8 Å². The zero-order valence-corrected chi connectivity index (χ0v) is 8.39. The summed E-state index contributed by atoms with van der Waals surface area (Å²) in [6.07, 6.45) is 0.102. The summed E-state index contributed by atoms with van der Waals surface area (Å²) < 4.78 is 27.0. The van der Waals surface area contributed by atoms with Crippen LogP contribution in [0.5, 0.6) is 0 Å². The summed E-state index contributed by atoms with van der Waals surface area (Å²) in [5, 5.41) is 19.1. The third-order valence-electron chi connectivity index (χ3n) is 2.78. The molecule has 1 saturated carbocycles. The molecule has 0 aromatic heterocycles. The minimum atomic E-state index is -1.27. The van der Waals surface area contributed by atoms with Gasteiger partial charge in [0.25, 0.3) is 0 Å².